The maximum absolute atomic E-state index is 5.66. The lowest BCUT2D eigenvalue weighted by atomic mass is 9.96. The van der Waals surface area contributed by atoms with Crippen LogP contribution in [0.2, 0.25) is 0 Å². The molecule has 4 nitrogen and oxygen atoms in total. The van der Waals surface area contributed by atoms with Crippen molar-refractivity contribution in [2.24, 2.45) is 11.8 Å². The molecule has 1 aromatic heterocycles. The Bertz CT molecular complexity index is 320. The van der Waals surface area contributed by atoms with E-state index in [0.717, 1.165) is 18.8 Å². The van der Waals surface area contributed by atoms with Crippen molar-refractivity contribution in [3.8, 4) is 0 Å². The van der Waals surface area contributed by atoms with Crippen molar-refractivity contribution in [2.45, 2.75) is 32.4 Å². The highest BCUT2D eigenvalue weighted by molar-refractivity contribution is 7.99. The van der Waals surface area contributed by atoms with Crippen LogP contribution >= 0.6 is 11.8 Å². The Labute approximate surface area is 101 Å². The molecule has 0 aliphatic carbocycles. The summed E-state index contributed by atoms with van der Waals surface area (Å²) in [6.07, 6.45) is 6.11. The van der Waals surface area contributed by atoms with Crippen LogP contribution < -0.4 is 11.3 Å². The van der Waals surface area contributed by atoms with Crippen LogP contribution in [0.25, 0.3) is 0 Å². The van der Waals surface area contributed by atoms with Crippen LogP contribution in [-0.2, 0) is 13.0 Å². The van der Waals surface area contributed by atoms with Crippen LogP contribution in [0.1, 0.15) is 19.2 Å². The topological polar surface area (TPSA) is 55.9 Å². The van der Waals surface area contributed by atoms with Gasteiger partial charge in [-0.1, -0.05) is 0 Å². The van der Waals surface area contributed by atoms with E-state index in [-0.39, 0.29) is 0 Å². The summed E-state index contributed by atoms with van der Waals surface area (Å²) in [4.78, 5) is 4.41. The minimum Gasteiger partial charge on any atom is -0.335 e. The van der Waals surface area contributed by atoms with E-state index >= 15 is 0 Å². The predicted octanol–water partition coefficient (Wildman–Crippen LogP) is 1.03. The Morgan fingerprint density at radius 1 is 1.75 bits per heavy atom. The van der Waals surface area contributed by atoms with Gasteiger partial charge in [-0.3, -0.25) is 11.3 Å². The molecule has 1 saturated heterocycles. The monoisotopic (exact) mass is 240 g/mol. The number of rotatable bonds is 5. The molecular formula is C11H20N4S. The average molecular weight is 240 g/mol. The van der Waals surface area contributed by atoms with E-state index in [1.165, 1.54) is 17.9 Å². The van der Waals surface area contributed by atoms with E-state index < -0.39 is 0 Å². The molecular weight excluding hydrogens is 220 g/mol. The molecule has 2 unspecified atom stereocenters. The molecule has 1 aliphatic heterocycles. The smallest absolute Gasteiger partial charge is 0.110 e. The first-order chi connectivity index (χ1) is 7.85. The fraction of sp³-hybridized carbons (Fsp3) is 0.727. The molecule has 16 heavy (non-hydrogen) atoms. The number of nitrogens with two attached hydrogens (primary N) is 1. The Morgan fingerprint density at radius 3 is 3.25 bits per heavy atom. The van der Waals surface area contributed by atoms with Gasteiger partial charge in [0.25, 0.3) is 0 Å². The van der Waals surface area contributed by atoms with E-state index in [1.54, 1.807) is 0 Å². The van der Waals surface area contributed by atoms with E-state index in [0.29, 0.717) is 12.0 Å². The highest BCUT2D eigenvalue weighted by atomic mass is 32.2. The molecule has 1 aliphatic rings. The SMILES string of the molecule is CCn1ccnc1CC(NN)C1CCSC1. The van der Waals surface area contributed by atoms with Gasteiger partial charge >= 0.3 is 0 Å². The molecule has 1 aromatic rings. The second-order valence-electron chi connectivity index (χ2n) is 4.23. The van der Waals surface area contributed by atoms with Crippen molar-refractivity contribution in [3.05, 3.63) is 18.2 Å². The van der Waals surface area contributed by atoms with Crippen LogP contribution in [0.15, 0.2) is 12.4 Å². The zero-order valence-corrected chi connectivity index (χ0v) is 10.5. The number of nitrogens with one attached hydrogen (secondary N) is 1. The molecule has 0 aromatic carbocycles. The highest BCUT2D eigenvalue weighted by Gasteiger charge is 2.25. The van der Waals surface area contributed by atoms with Crippen molar-refractivity contribution in [1.29, 1.82) is 0 Å². The van der Waals surface area contributed by atoms with E-state index in [4.69, 9.17) is 5.84 Å². The normalized spacial score (nSPS) is 22.5. The summed E-state index contributed by atoms with van der Waals surface area (Å²) in [6, 6.07) is 0.364. The van der Waals surface area contributed by atoms with Crippen molar-refractivity contribution >= 4 is 11.8 Å². The van der Waals surface area contributed by atoms with Gasteiger partial charge < -0.3 is 4.57 Å². The fourth-order valence-corrected chi connectivity index (χ4v) is 3.58. The number of nitrogens with zero attached hydrogens (tertiary/aromatic N) is 2. The van der Waals surface area contributed by atoms with E-state index in [1.807, 2.05) is 24.2 Å². The maximum Gasteiger partial charge on any atom is 0.110 e. The summed E-state index contributed by atoms with van der Waals surface area (Å²) < 4.78 is 2.19. The lowest BCUT2D eigenvalue weighted by molar-refractivity contribution is 0.376. The van der Waals surface area contributed by atoms with Gasteiger partial charge in [0, 0.05) is 31.4 Å². The van der Waals surface area contributed by atoms with Crippen LogP contribution in [0.4, 0.5) is 0 Å². The van der Waals surface area contributed by atoms with Gasteiger partial charge in [0.1, 0.15) is 5.82 Å². The highest BCUT2D eigenvalue weighted by Crippen LogP contribution is 2.27. The molecule has 5 heteroatoms. The molecule has 0 radical (unpaired) electrons. The van der Waals surface area contributed by atoms with Crippen LogP contribution in [0.3, 0.4) is 0 Å². The maximum atomic E-state index is 5.66. The van der Waals surface area contributed by atoms with Crippen LogP contribution in [-0.4, -0.2) is 27.1 Å². The lowest BCUT2D eigenvalue weighted by Crippen LogP contribution is -2.43. The van der Waals surface area contributed by atoms with Crippen molar-refractivity contribution < 1.29 is 0 Å². The second kappa shape index (κ2) is 5.70. The largest absolute Gasteiger partial charge is 0.335 e. The van der Waals surface area contributed by atoms with Gasteiger partial charge in [0.2, 0.25) is 0 Å². The van der Waals surface area contributed by atoms with Crippen LogP contribution in [0, 0.1) is 5.92 Å². The molecule has 2 rings (SSSR count). The summed E-state index contributed by atoms with van der Waals surface area (Å²) in [5.41, 5.74) is 2.97. The minimum atomic E-state index is 0.364. The first-order valence-electron chi connectivity index (χ1n) is 5.89. The first kappa shape index (κ1) is 12.0. The zero-order valence-electron chi connectivity index (χ0n) is 9.72. The number of aryl methyl sites for hydroxylation is 1. The van der Waals surface area contributed by atoms with Crippen molar-refractivity contribution in [1.82, 2.24) is 15.0 Å². The molecule has 1 fully saturated rings. The third-order valence-electron chi connectivity index (χ3n) is 3.29. The average Bonchev–Trinajstić information content (AvgIpc) is 2.96. The van der Waals surface area contributed by atoms with Crippen LogP contribution in [0.5, 0.6) is 0 Å². The number of hydrazine groups is 1. The standard InChI is InChI=1S/C11H20N4S/c1-2-15-5-4-13-11(15)7-10(14-12)9-3-6-16-8-9/h4-5,9-10,14H,2-3,6-8,12H2,1H3. The Morgan fingerprint density at radius 2 is 2.62 bits per heavy atom. The van der Waals surface area contributed by atoms with E-state index in [2.05, 4.69) is 21.9 Å². The third kappa shape index (κ3) is 2.59. The molecule has 0 spiro atoms. The number of thioether (sulfide) groups is 1. The predicted molar refractivity (Wildman–Crippen MR) is 68.1 cm³/mol. The van der Waals surface area contributed by atoms with Gasteiger partial charge in [-0.2, -0.15) is 11.8 Å². The molecule has 90 valence electrons. The minimum absolute atomic E-state index is 0.364. The van der Waals surface area contributed by atoms with Gasteiger partial charge in [-0.15, -0.1) is 0 Å². The summed E-state index contributed by atoms with van der Waals surface area (Å²) in [5, 5.41) is 0. The molecule has 0 bridgehead atoms. The Hall–Kier alpha value is -0.520. The lowest BCUT2D eigenvalue weighted by Gasteiger charge is -2.21. The molecule has 0 amide bonds. The number of hydrogen-bond donors (Lipinski definition) is 2. The van der Waals surface area contributed by atoms with Gasteiger partial charge in [0.05, 0.1) is 0 Å². The fourth-order valence-electron chi connectivity index (χ4n) is 2.25. The van der Waals surface area contributed by atoms with Gasteiger partial charge in [0.15, 0.2) is 0 Å². The number of imidazole rings is 1. The summed E-state index contributed by atoms with van der Waals surface area (Å²) >= 11 is 2.03. The molecule has 2 atom stereocenters. The summed E-state index contributed by atoms with van der Waals surface area (Å²) in [5.74, 6) is 9.99. The quantitative estimate of drug-likeness (QED) is 0.596. The van der Waals surface area contributed by atoms with Gasteiger partial charge in [-0.05, 0) is 30.8 Å². The zero-order chi connectivity index (χ0) is 11.4. The van der Waals surface area contributed by atoms with E-state index in [9.17, 15) is 0 Å². The number of aromatic nitrogens is 2. The molecule has 2 heterocycles. The van der Waals surface area contributed by atoms with Gasteiger partial charge in [-0.25, -0.2) is 4.98 Å². The third-order valence-corrected chi connectivity index (χ3v) is 4.48. The Balaban J connectivity index is 2.00. The molecule has 3 N–H and O–H groups in total. The summed E-state index contributed by atoms with van der Waals surface area (Å²) in [6.45, 7) is 3.12. The number of hydrogen-bond acceptors (Lipinski definition) is 4. The summed E-state index contributed by atoms with van der Waals surface area (Å²) in [7, 11) is 0. The van der Waals surface area contributed by atoms with Crippen molar-refractivity contribution in [2.75, 3.05) is 11.5 Å². The first-order valence-corrected chi connectivity index (χ1v) is 7.04. The Kier molecular flexibility index (Phi) is 4.26. The molecule has 0 saturated carbocycles. The van der Waals surface area contributed by atoms with Crippen molar-refractivity contribution in [3.63, 3.8) is 0 Å². The second-order valence-corrected chi connectivity index (χ2v) is 5.38.